The molecule has 3 nitrogen and oxygen atoms in total. The summed E-state index contributed by atoms with van der Waals surface area (Å²) in [4.78, 5) is 11.8. The van der Waals surface area contributed by atoms with Gasteiger partial charge in [-0.25, -0.2) is 0 Å². The fourth-order valence-electron chi connectivity index (χ4n) is 2.75. The molecule has 2 N–H and O–H groups in total. The van der Waals surface area contributed by atoms with E-state index in [1.165, 1.54) is 5.56 Å². The summed E-state index contributed by atoms with van der Waals surface area (Å²) in [6.07, 6.45) is 8.26. The van der Waals surface area contributed by atoms with E-state index in [1.54, 1.807) is 6.08 Å². The van der Waals surface area contributed by atoms with E-state index in [0.717, 1.165) is 37.7 Å². The zero-order chi connectivity index (χ0) is 15.1. The summed E-state index contributed by atoms with van der Waals surface area (Å²) >= 11 is 0. The van der Waals surface area contributed by atoms with E-state index in [2.05, 4.69) is 24.4 Å². The van der Waals surface area contributed by atoms with E-state index in [0.29, 0.717) is 6.54 Å². The number of aliphatic hydroxyl groups excluding tert-OH is 1. The molecule has 2 rings (SSSR count). The zero-order valence-corrected chi connectivity index (χ0v) is 12.7. The summed E-state index contributed by atoms with van der Waals surface area (Å²) < 4.78 is 0. The topological polar surface area (TPSA) is 49.3 Å². The molecule has 1 aliphatic carbocycles. The molecular weight excluding hydrogens is 262 g/mol. The van der Waals surface area contributed by atoms with Crippen LogP contribution in [0.4, 0.5) is 0 Å². The predicted molar refractivity (Wildman–Crippen MR) is 85.8 cm³/mol. The van der Waals surface area contributed by atoms with Crippen LogP contribution >= 0.6 is 0 Å². The molecule has 0 aromatic heterocycles. The van der Waals surface area contributed by atoms with Crippen LogP contribution in [-0.4, -0.2) is 23.7 Å². The second-order valence-corrected chi connectivity index (χ2v) is 5.79. The van der Waals surface area contributed by atoms with Gasteiger partial charge in [0.15, 0.2) is 0 Å². The number of aliphatic hydroxyl groups is 1. The van der Waals surface area contributed by atoms with Crippen molar-refractivity contribution in [3.8, 4) is 0 Å². The maximum Gasteiger partial charge on any atom is 0.244 e. The Hall–Kier alpha value is -1.61. The van der Waals surface area contributed by atoms with Crippen molar-refractivity contribution in [2.75, 3.05) is 6.54 Å². The van der Waals surface area contributed by atoms with Crippen LogP contribution in [0.5, 0.6) is 0 Å². The minimum atomic E-state index is -0.260. The number of hydrogen-bond acceptors (Lipinski definition) is 2. The third-order valence-corrected chi connectivity index (χ3v) is 4.22. The van der Waals surface area contributed by atoms with Crippen LogP contribution in [0, 0.1) is 5.92 Å². The van der Waals surface area contributed by atoms with Gasteiger partial charge in [0.2, 0.25) is 5.91 Å². The highest BCUT2D eigenvalue weighted by atomic mass is 16.3. The lowest BCUT2D eigenvalue weighted by Crippen LogP contribution is -2.36. The average molecular weight is 287 g/mol. The summed E-state index contributed by atoms with van der Waals surface area (Å²) in [7, 11) is 0. The average Bonchev–Trinajstić information content (AvgIpc) is 2.52. The van der Waals surface area contributed by atoms with Crippen LogP contribution in [0.2, 0.25) is 0 Å². The summed E-state index contributed by atoms with van der Waals surface area (Å²) in [5, 5.41) is 12.8. The van der Waals surface area contributed by atoms with Gasteiger partial charge < -0.3 is 10.4 Å². The number of aryl methyl sites for hydroxylation is 1. The van der Waals surface area contributed by atoms with Gasteiger partial charge in [-0.1, -0.05) is 44.0 Å². The van der Waals surface area contributed by atoms with Gasteiger partial charge in [-0.2, -0.15) is 0 Å². The van der Waals surface area contributed by atoms with Crippen LogP contribution in [0.1, 0.15) is 43.7 Å². The van der Waals surface area contributed by atoms with Crippen molar-refractivity contribution in [1.29, 1.82) is 0 Å². The second kappa shape index (κ2) is 7.99. The van der Waals surface area contributed by atoms with Gasteiger partial charge in [-0.3, -0.25) is 4.79 Å². The Morgan fingerprint density at radius 1 is 1.29 bits per heavy atom. The molecule has 0 heterocycles. The minimum absolute atomic E-state index is 0.0904. The van der Waals surface area contributed by atoms with Crippen molar-refractivity contribution in [2.45, 2.75) is 45.1 Å². The number of rotatable bonds is 5. The van der Waals surface area contributed by atoms with Gasteiger partial charge in [-0.15, -0.1) is 0 Å². The standard InChI is InChI=1S/C18H25NO2/c1-2-14-7-9-15(10-8-14)11-12-18(21)19-13-16-5-3-4-6-17(16)20/h7-12,16-17,20H,2-6,13H2,1H3,(H,19,21). The van der Waals surface area contributed by atoms with Gasteiger partial charge in [0, 0.05) is 18.5 Å². The molecule has 0 aliphatic heterocycles. The Kier molecular flexibility index (Phi) is 6.00. The molecule has 1 aliphatic rings. The molecule has 114 valence electrons. The van der Waals surface area contributed by atoms with Crippen molar-refractivity contribution < 1.29 is 9.90 Å². The fraction of sp³-hybridized carbons (Fsp3) is 0.500. The third-order valence-electron chi connectivity index (χ3n) is 4.22. The van der Waals surface area contributed by atoms with Crippen molar-refractivity contribution in [3.63, 3.8) is 0 Å². The molecule has 0 spiro atoms. The number of hydrogen-bond donors (Lipinski definition) is 2. The molecule has 1 aromatic carbocycles. The fourth-order valence-corrected chi connectivity index (χ4v) is 2.75. The highest BCUT2D eigenvalue weighted by Crippen LogP contribution is 2.23. The number of carbonyl (C=O) groups is 1. The Morgan fingerprint density at radius 2 is 2.00 bits per heavy atom. The smallest absolute Gasteiger partial charge is 0.244 e. The maximum absolute atomic E-state index is 11.8. The van der Waals surface area contributed by atoms with Crippen molar-refractivity contribution in [1.82, 2.24) is 5.32 Å². The maximum atomic E-state index is 11.8. The van der Waals surface area contributed by atoms with Gasteiger partial charge in [0.1, 0.15) is 0 Å². The second-order valence-electron chi connectivity index (χ2n) is 5.79. The van der Waals surface area contributed by atoms with Crippen LogP contribution in [0.15, 0.2) is 30.3 Å². The number of benzene rings is 1. The Morgan fingerprint density at radius 3 is 2.67 bits per heavy atom. The van der Waals surface area contributed by atoms with Gasteiger partial charge >= 0.3 is 0 Å². The lowest BCUT2D eigenvalue weighted by atomic mass is 9.86. The molecule has 2 atom stereocenters. The van der Waals surface area contributed by atoms with Crippen LogP contribution in [0.25, 0.3) is 6.08 Å². The number of carbonyl (C=O) groups excluding carboxylic acids is 1. The first kappa shape index (κ1) is 15.8. The molecule has 0 saturated heterocycles. The minimum Gasteiger partial charge on any atom is -0.393 e. The SMILES string of the molecule is CCc1ccc(C=CC(=O)NCC2CCCCC2O)cc1. The molecule has 1 fully saturated rings. The predicted octanol–water partition coefficient (Wildman–Crippen LogP) is 2.93. The van der Waals surface area contributed by atoms with E-state index in [-0.39, 0.29) is 17.9 Å². The highest BCUT2D eigenvalue weighted by molar-refractivity contribution is 5.91. The van der Waals surface area contributed by atoms with E-state index < -0.39 is 0 Å². The molecule has 0 radical (unpaired) electrons. The van der Waals surface area contributed by atoms with E-state index >= 15 is 0 Å². The molecule has 0 bridgehead atoms. The molecular formula is C18H25NO2. The largest absolute Gasteiger partial charge is 0.393 e. The zero-order valence-electron chi connectivity index (χ0n) is 12.7. The summed E-state index contributed by atoms with van der Waals surface area (Å²) in [5.74, 6) is 0.118. The van der Waals surface area contributed by atoms with E-state index in [9.17, 15) is 9.90 Å². The molecule has 21 heavy (non-hydrogen) atoms. The Bertz CT molecular complexity index is 478. The van der Waals surface area contributed by atoms with Crippen molar-refractivity contribution in [2.24, 2.45) is 5.92 Å². The molecule has 1 saturated carbocycles. The van der Waals surface area contributed by atoms with Crippen LogP contribution < -0.4 is 5.32 Å². The highest BCUT2D eigenvalue weighted by Gasteiger charge is 2.22. The van der Waals surface area contributed by atoms with Crippen LogP contribution in [-0.2, 0) is 11.2 Å². The van der Waals surface area contributed by atoms with Gasteiger partial charge in [0.05, 0.1) is 6.10 Å². The third kappa shape index (κ3) is 5.01. The van der Waals surface area contributed by atoms with Crippen LogP contribution in [0.3, 0.4) is 0 Å². The lowest BCUT2D eigenvalue weighted by molar-refractivity contribution is -0.116. The van der Waals surface area contributed by atoms with Gasteiger partial charge in [0.25, 0.3) is 0 Å². The quantitative estimate of drug-likeness (QED) is 0.818. The number of nitrogens with one attached hydrogen (secondary N) is 1. The van der Waals surface area contributed by atoms with Crippen molar-refractivity contribution >= 4 is 12.0 Å². The molecule has 1 aromatic rings. The Balaban J connectivity index is 1.79. The lowest BCUT2D eigenvalue weighted by Gasteiger charge is -2.27. The number of amides is 1. The summed E-state index contributed by atoms with van der Waals surface area (Å²) in [6.45, 7) is 2.69. The molecule has 2 unspecified atom stereocenters. The van der Waals surface area contributed by atoms with Gasteiger partial charge in [-0.05, 0) is 36.5 Å². The van der Waals surface area contributed by atoms with Crippen molar-refractivity contribution in [3.05, 3.63) is 41.5 Å². The first-order valence-corrected chi connectivity index (χ1v) is 7.92. The van der Waals surface area contributed by atoms with E-state index in [4.69, 9.17) is 0 Å². The summed E-state index contributed by atoms with van der Waals surface area (Å²) in [5.41, 5.74) is 2.32. The molecule has 1 amide bonds. The monoisotopic (exact) mass is 287 g/mol. The first-order valence-electron chi connectivity index (χ1n) is 7.92. The van der Waals surface area contributed by atoms with E-state index in [1.807, 2.05) is 18.2 Å². The Labute approximate surface area is 127 Å². The first-order chi connectivity index (χ1) is 10.2. The molecule has 3 heteroatoms. The summed E-state index contributed by atoms with van der Waals surface area (Å²) in [6, 6.07) is 8.20. The normalized spacial score (nSPS) is 22.4.